The lowest BCUT2D eigenvalue weighted by Gasteiger charge is -2.45. The summed E-state index contributed by atoms with van der Waals surface area (Å²) in [6.07, 6.45) is 14.9. The van der Waals surface area contributed by atoms with Crippen LogP contribution in [-0.4, -0.2) is 17.5 Å². The van der Waals surface area contributed by atoms with Crippen LogP contribution in [0.25, 0.3) is 0 Å². The van der Waals surface area contributed by atoms with Crippen LogP contribution in [0.3, 0.4) is 0 Å². The summed E-state index contributed by atoms with van der Waals surface area (Å²) in [5, 5.41) is 3.66. The van der Waals surface area contributed by atoms with E-state index in [2.05, 4.69) is 5.32 Å². The first-order valence-corrected chi connectivity index (χ1v) is 8.22. The molecule has 1 amide bonds. The van der Waals surface area contributed by atoms with E-state index in [1.54, 1.807) is 0 Å². The molecule has 3 saturated carbocycles. The van der Waals surface area contributed by atoms with Crippen LogP contribution in [0, 0.1) is 5.41 Å². The Balaban J connectivity index is 1.67. The van der Waals surface area contributed by atoms with Crippen molar-refractivity contribution in [1.29, 1.82) is 0 Å². The fourth-order valence-corrected chi connectivity index (χ4v) is 4.75. The van der Waals surface area contributed by atoms with Gasteiger partial charge in [-0.3, -0.25) is 4.79 Å². The number of amides is 1. The first-order chi connectivity index (χ1) is 9.14. The average Bonchev–Trinajstić information content (AvgIpc) is 3.04. The van der Waals surface area contributed by atoms with E-state index in [0.29, 0.717) is 11.5 Å². The molecular formula is C16H28N2O. The maximum Gasteiger partial charge on any atom is 0.237 e. The summed E-state index contributed by atoms with van der Waals surface area (Å²) in [6.45, 7) is 0. The molecular weight excluding hydrogens is 236 g/mol. The SMILES string of the molecule is NC(=O)C1(NC2CCCC2)CCC2(CCCC2)CC1. The van der Waals surface area contributed by atoms with Gasteiger partial charge < -0.3 is 11.1 Å². The quantitative estimate of drug-likeness (QED) is 0.823. The molecule has 3 fully saturated rings. The number of nitrogens with one attached hydrogen (secondary N) is 1. The molecule has 108 valence electrons. The van der Waals surface area contributed by atoms with Crippen LogP contribution in [0.5, 0.6) is 0 Å². The molecule has 3 aliphatic rings. The second-order valence-corrected chi connectivity index (χ2v) is 7.28. The summed E-state index contributed by atoms with van der Waals surface area (Å²) in [7, 11) is 0. The van der Waals surface area contributed by atoms with Gasteiger partial charge in [0.15, 0.2) is 0 Å². The van der Waals surface area contributed by atoms with E-state index in [-0.39, 0.29) is 11.4 Å². The van der Waals surface area contributed by atoms with Gasteiger partial charge in [-0.15, -0.1) is 0 Å². The fourth-order valence-electron chi connectivity index (χ4n) is 4.75. The molecule has 0 heterocycles. The van der Waals surface area contributed by atoms with Crippen molar-refractivity contribution < 1.29 is 4.79 Å². The summed E-state index contributed by atoms with van der Waals surface area (Å²) in [4.78, 5) is 12.0. The van der Waals surface area contributed by atoms with E-state index in [0.717, 1.165) is 12.8 Å². The topological polar surface area (TPSA) is 55.1 Å². The monoisotopic (exact) mass is 264 g/mol. The van der Waals surface area contributed by atoms with E-state index in [9.17, 15) is 4.79 Å². The zero-order chi connectivity index (χ0) is 13.3. The van der Waals surface area contributed by atoms with Crippen molar-refractivity contribution in [2.45, 2.75) is 88.6 Å². The summed E-state index contributed by atoms with van der Waals surface area (Å²) in [5.41, 5.74) is 5.95. The molecule has 0 saturated heterocycles. The number of hydrogen-bond acceptors (Lipinski definition) is 2. The van der Waals surface area contributed by atoms with Crippen molar-refractivity contribution in [2.24, 2.45) is 11.1 Å². The molecule has 0 unspecified atom stereocenters. The highest BCUT2D eigenvalue weighted by Gasteiger charge is 2.47. The summed E-state index contributed by atoms with van der Waals surface area (Å²) >= 11 is 0. The fraction of sp³-hybridized carbons (Fsp3) is 0.938. The Labute approximate surface area is 116 Å². The molecule has 19 heavy (non-hydrogen) atoms. The molecule has 0 radical (unpaired) electrons. The summed E-state index contributed by atoms with van der Waals surface area (Å²) < 4.78 is 0. The van der Waals surface area contributed by atoms with E-state index in [1.807, 2.05) is 0 Å². The van der Waals surface area contributed by atoms with Gasteiger partial charge in [0.2, 0.25) is 5.91 Å². The van der Waals surface area contributed by atoms with Crippen LogP contribution in [0.2, 0.25) is 0 Å². The van der Waals surface area contributed by atoms with E-state index >= 15 is 0 Å². The van der Waals surface area contributed by atoms with Crippen molar-refractivity contribution in [3.63, 3.8) is 0 Å². The largest absolute Gasteiger partial charge is 0.368 e. The molecule has 3 rings (SSSR count). The van der Waals surface area contributed by atoms with Gasteiger partial charge in [-0.05, 0) is 56.8 Å². The van der Waals surface area contributed by atoms with E-state index in [1.165, 1.54) is 64.2 Å². The standard InChI is InChI=1S/C16H28N2O/c17-14(19)16(18-13-5-1-2-6-13)11-9-15(10-12-16)7-3-4-8-15/h13,18H,1-12H2,(H2,17,19). The molecule has 0 aromatic heterocycles. The molecule has 0 bridgehead atoms. The van der Waals surface area contributed by atoms with Gasteiger partial charge in [-0.2, -0.15) is 0 Å². The smallest absolute Gasteiger partial charge is 0.237 e. The van der Waals surface area contributed by atoms with E-state index in [4.69, 9.17) is 5.73 Å². The molecule has 0 aromatic carbocycles. The molecule has 0 aliphatic heterocycles. The van der Waals surface area contributed by atoms with Crippen molar-refractivity contribution in [3.05, 3.63) is 0 Å². The van der Waals surface area contributed by atoms with Crippen molar-refractivity contribution in [3.8, 4) is 0 Å². The predicted molar refractivity (Wildman–Crippen MR) is 76.7 cm³/mol. The Kier molecular flexibility index (Phi) is 3.59. The highest BCUT2D eigenvalue weighted by atomic mass is 16.1. The third-order valence-corrected chi connectivity index (χ3v) is 6.14. The lowest BCUT2D eigenvalue weighted by molar-refractivity contribution is -0.127. The zero-order valence-corrected chi connectivity index (χ0v) is 12.0. The Morgan fingerprint density at radius 2 is 1.47 bits per heavy atom. The third kappa shape index (κ3) is 2.54. The maximum absolute atomic E-state index is 12.0. The second kappa shape index (κ2) is 5.08. The minimum absolute atomic E-state index is 0.104. The molecule has 0 atom stereocenters. The van der Waals surface area contributed by atoms with Crippen molar-refractivity contribution in [2.75, 3.05) is 0 Å². The van der Waals surface area contributed by atoms with Gasteiger partial charge in [0.25, 0.3) is 0 Å². The average molecular weight is 264 g/mol. The Bertz CT molecular complexity index is 331. The molecule has 0 aromatic rings. The first kappa shape index (κ1) is 13.4. The summed E-state index contributed by atoms with van der Waals surface area (Å²) in [6, 6.07) is 0.533. The maximum atomic E-state index is 12.0. The second-order valence-electron chi connectivity index (χ2n) is 7.28. The van der Waals surface area contributed by atoms with Crippen LogP contribution in [-0.2, 0) is 4.79 Å². The van der Waals surface area contributed by atoms with Crippen LogP contribution < -0.4 is 11.1 Å². The molecule has 1 spiro atoms. The van der Waals surface area contributed by atoms with Gasteiger partial charge in [0.05, 0.1) is 5.54 Å². The van der Waals surface area contributed by atoms with Gasteiger partial charge in [-0.25, -0.2) is 0 Å². The van der Waals surface area contributed by atoms with Crippen LogP contribution >= 0.6 is 0 Å². The minimum atomic E-state index is -0.386. The molecule has 3 aliphatic carbocycles. The van der Waals surface area contributed by atoms with Crippen molar-refractivity contribution >= 4 is 5.91 Å². The minimum Gasteiger partial charge on any atom is -0.368 e. The molecule has 3 N–H and O–H groups in total. The summed E-state index contributed by atoms with van der Waals surface area (Å²) in [5.74, 6) is -0.104. The zero-order valence-electron chi connectivity index (χ0n) is 12.0. The van der Waals surface area contributed by atoms with Gasteiger partial charge in [-0.1, -0.05) is 25.7 Å². The lowest BCUT2D eigenvalue weighted by atomic mass is 9.66. The van der Waals surface area contributed by atoms with Gasteiger partial charge >= 0.3 is 0 Å². The number of primary amides is 1. The van der Waals surface area contributed by atoms with Crippen LogP contribution in [0.15, 0.2) is 0 Å². The third-order valence-electron chi connectivity index (χ3n) is 6.14. The highest BCUT2D eigenvalue weighted by Crippen LogP contribution is 2.51. The van der Waals surface area contributed by atoms with Crippen LogP contribution in [0.4, 0.5) is 0 Å². The lowest BCUT2D eigenvalue weighted by Crippen LogP contribution is -2.60. The number of carbonyl (C=O) groups is 1. The Hall–Kier alpha value is -0.570. The van der Waals surface area contributed by atoms with Crippen molar-refractivity contribution in [1.82, 2.24) is 5.32 Å². The number of nitrogens with two attached hydrogens (primary N) is 1. The van der Waals surface area contributed by atoms with Crippen LogP contribution in [0.1, 0.15) is 77.0 Å². The Morgan fingerprint density at radius 3 is 2.00 bits per heavy atom. The highest BCUT2D eigenvalue weighted by molar-refractivity contribution is 5.84. The Morgan fingerprint density at radius 1 is 0.895 bits per heavy atom. The first-order valence-electron chi connectivity index (χ1n) is 8.22. The number of carbonyl (C=O) groups excluding carboxylic acids is 1. The normalized spacial score (nSPS) is 29.9. The number of hydrogen-bond donors (Lipinski definition) is 2. The van der Waals surface area contributed by atoms with Gasteiger partial charge in [0, 0.05) is 6.04 Å². The molecule has 3 nitrogen and oxygen atoms in total. The van der Waals surface area contributed by atoms with Gasteiger partial charge in [0.1, 0.15) is 0 Å². The number of rotatable bonds is 3. The predicted octanol–water partition coefficient (Wildman–Crippen LogP) is 2.88. The van der Waals surface area contributed by atoms with E-state index < -0.39 is 0 Å². The molecule has 3 heteroatoms.